The molecule has 3 N–H and O–H groups in total. The first kappa shape index (κ1) is 23.4. The lowest BCUT2D eigenvalue weighted by Crippen LogP contribution is -2.46. The minimum absolute atomic E-state index is 0. The Kier molecular flexibility index (Phi) is 7.86. The molecule has 0 aromatic heterocycles. The molecule has 1 aliphatic carbocycles. The van der Waals surface area contributed by atoms with E-state index in [0.717, 1.165) is 24.8 Å². The molecular weight excluding hydrogens is 444 g/mol. The molecule has 168 valence electrons. The Hall–Kier alpha value is -2.22. The van der Waals surface area contributed by atoms with Gasteiger partial charge in [-0.3, -0.25) is 0 Å². The predicted octanol–water partition coefficient (Wildman–Crippen LogP) is 4.18. The molecule has 2 aliphatic rings. The summed E-state index contributed by atoms with van der Waals surface area (Å²) in [6.45, 7) is 0.678. The number of fused-ring (bicyclic) bond motifs is 1. The molecule has 6 nitrogen and oxygen atoms in total. The number of carbonyl (C=O) groups excluding carboxylic acids is 1. The fourth-order valence-corrected chi connectivity index (χ4v) is 4.40. The lowest BCUT2D eigenvalue weighted by molar-refractivity contribution is 0.247. The van der Waals surface area contributed by atoms with Crippen molar-refractivity contribution in [3.63, 3.8) is 0 Å². The summed E-state index contributed by atoms with van der Waals surface area (Å²) in [6, 6.07) is 10.8. The third-order valence-corrected chi connectivity index (χ3v) is 5.98. The Morgan fingerprint density at radius 3 is 2.74 bits per heavy atom. The van der Waals surface area contributed by atoms with Crippen LogP contribution in [0.5, 0.6) is 11.5 Å². The van der Waals surface area contributed by atoms with E-state index in [2.05, 4.69) is 16.0 Å². The smallest absolute Gasteiger partial charge is 0.315 e. The molecule has 0 bridgehead atoms. The molecule has 1 aliphatic heterocycles. The summed E-state index contributed by atoms with van der Waals surface area (Å²) in [4.78, 5) is 11.5. The van der Waals surface area contributed by atoms with Crippen molar-refractivity contribution in [3.05, 3.63) is 58.4 Å². The number of hydrogen-bond acceptors (Lipinski definition) is 4. The van der Waals surface area contributed by atoms with Crippen molar-refractivity contribution < 1.29 is 18.7 Å². The molecule has 1 saturated heterocycles. The highest BCUT2D eigenvalue weighted by Gasteiger charge is 2.36. The summed E-state index contributed by atoms with van der Waals surface area (Å²) < 4.78 is 25.1. The third kappa shape index (κ3) is 5.53. The number of urea groups is 1. The molecule has 4 rings (SSSR count). The summed E-state index contributed by atoms with van der Waals surface area (Å²) in [5.41, 5.74) is 1.41. The molecular formula is C22H26Cl2FN3O3. The summed E-state index contributed by atoms with van der Waals surface area (Å²) in [7, 11) is 1.55. The highest BCUT2D eigenvalue weighted by atomic mass is 35.5. The number of ether oxygens (including phenoxy) is 2. The highest BCUT2D eigenvalue weighted by molar-refractivity contribution is 6.32. The van der Waals surface area contributed by atoms with Gasteiger partial charge >= 0.3 is 6.03 Å². The average molecular weight is 470 g/mol. The summed E-state index contributed by atoms with van der Waals surface area (Å²) in [5, 5.41) is 9.89. The number of carbonyl (C=O) groups is 1. The van der Waals surface area contributed by atoms with Gasteiger partial charge in [0.25, 0.3) is 0 Å². The molecule has 31 heavy (non-hydrogen) atoms. The monoisotopic (exact) mass is 469 g/mol. The minimum atomic E-state index is -0.322. The largest absolute Gasteiger partial charge is 0.493 e. The van der Waals surface area contributed by atoms with Crippen LogP contribution in [-0.2, 0) is 13.2 Å². The van der Waals surface area contributed by atoms with Gasteiger partial charge in [-0.2, -0.15) is 0 Å². The topological polar surface area (TPSA) is 71.6 Å². The van der Waals surface area contributed by atoms with Crippen molar-refractivity contribution >= 4 is 30.0 Å². The van der Waals surface area contributed by atoms with E-state index < -0.39 is 0 Å². The maximum absolute atomic E-state index is 13.8. The molecule has 3 atom stereocenters. The van der Waals surface area contributed by atoms with Crippen molar-refractivity contribution in [2.45, 2.75) is 50.5 Å². The summed E-state index contributed by atoms with van der Waals surface area (Å²) >= 11 is 6.45. The summed E-state index contributed by atoms with van der Waals surface area (Å²) in [6.07, 6.45) is 2.84. The number of hydrogen-bond donors (Lipinski definition) is 3. The number of methoxy groups -OCH3 is 1. The second-order valence-electron chi connectivity index (χ2n) is 7.71. The first-order chi connectivity index (χ1) is 14.5. The molecule has 1 saturated carbocycles. The van der Waals surface area contributed by atoms with Gasteiger partial charge in [-0.25, -0.2) is 9.18 Å². The van der Waals surface area contributed by atoms with Gasteiger partial charge in [-0.1, -0.05) is 29.8 Å². The van der Waals surface area contributed by atoms with E-state index in [4.69, 9.17) is 21.1 Å². The quantitative estimate of drug-likeness (QED) is 0.568. The molecule has 1 heterocycles. The van der Waals surface area contributed by atoms with Crippen molar-refractivity contribution in [3.8, 4) is 11.5 Å². The zero-order chi connectivity index (χ0) is 21.1. The van der Waals surface area contributed by atoms with Gasteiger partial charge in [-0.05, 0) is 43.0 Å². The van der Waals surface area contributed by atoms with Crippen molar-refractivity contribution in [1.29, 1.82) is 0 Å². The van der Waals surface area contributed by atoms with Gasteiger partial charge < -0.3 is 25.4 Å². The molecule has 2 fully saturated rings. The number of rotatable bonds is 7. The van der Waals surface area contributed by atoms with Crippen LogP contribution in [-0.4, -0.2) is 31.3 Å². The molecule has 3 unspecified atom stereocenters. The maximum Gasteiger partial charge on any atom is 0.315 e. The number of halogens is 3. The first-order valence-corrected chi connectivity index (χ1v) is 10.4. The van der Waals surface area contributed by atoms with Gasteiger partial charge in [0.15, 0.2) is 11.5 Å². The van der Waals surface area contributed by atoms with Gasteiger partial charge in [-0.15, -0.1) is 12.4 Å². The van der Waals surface area contributed by atoms with Crippen LogP contribution in [0.2, 0.25) is 5.02 Å². The van der Waals surface area contributed by atoms with Crippen molar-refractivity contribution in [2.24, 2.45) is 0 Å². The maximum atomic E-state index is 13.8. The fourth-order valence-electron chi connectivity index (χ4n) is 4.11. The van der Waals surface area contributed by atoms with E-state index in [0.29, 0.717) is 34.7 Å². The van der Waals surface area contributed by atoms with E-state index in [1.807, 2.05) is 12.1 Å². The Bertz CT molecular complexity index is 931. The van der Waals surface area contributed by atoms with Crippen molar-refractivity contribution in [2.75, 3.05) is 7.11 Å². The van der Waals surface area contributed by atoms with Crippen LogP contribution < -0.4 is 25.4 Å². The lowest BCUT2D eigenvalue weighted by atomic mass is 9.88. The lowest BCUT2D eigenvalue weighted by Gasteiger charge is -2.31. The van der Waals surface area contributed by atoms with Crippen LogP contribution in [0, 0.1) is 5.82 Å². The van der Waals surface area contributed by atoms with Crippen LogP contribution in [0.25, 0.3) is 0 Å². The van der Waals surface area contributed by atoms with Crippen molar-refractivity contribution in [1.82, 2.24) is 16.0 Å². The Morgan fingerprint density at radius 2 is 1.97 bits per heavy atom. The van der Waals surface area contributed by atoms with Crippen LogP contribution in [0.1, 0.15) is 30.4 Å². The normalized spacial score (nSPS) is 22.0. The second-order valence-corrected chi connectivity index (χ2v) is 8.12. The Morgan fingerprint density at radius 1 is 1.19 bits per heavy atom. The minimum Gasteiger partial charge on any atom is -0.493 e. The zero-order valence-electron chi connectivity index (χ0n) is 17.1. The van der Waals surface area contributed by atoms with Gasteiger partial charge in [0, 0.05) is 18.2 Å². The third-order valence-electron chi connectivity index (χ3n) is 5.70. The number of benzene rings is 2. The molecule has 0 radical (unpaired) electrons. The van der Waals surface area contributed by atoms with E-state index >= 15 is 0 Å². The molecule has 2 aromatic rings. The predicted molar refractivity (Wildman–Crippen MR) is 120 cm³/mol. The Labute approximate surface area is 192 Å². The van der Waals surface area contributed by atoms with Crippen LogP contribution >= 0.6 is 24.0 Å². The Balaban J connectivity index is 0.00000272. The van der Waals surface area contributed by atoms with E-state index in [9.17, 15) is 9.18 Å². The van der Waals surface area contributed by atoms with E-state index in [1.54, 1.807) is 25.3 Å². The molecule has 9 heteroatoms. The van der Waals surface area contributed by atoms with Gasteiger partial charge in [0.1, 0.15) is 12.4 Å². The number of amides is 2. The van der Waals surface area contributed by atoms with E-state index in [1.165, 1.54) is 6.07 Å². The molecule has 0 spiro atoms. The average Bonchev–Trinajstić information content (AvgIpc) is 3.11. The summed E-state index contributed by atoms with van der Waals surface area (Å²) in [5.74, 6) is 0.579. The van der Waals surface area contributed by atoms with Crippen LogP contribution in [0.4, 0.5) is 9.18 Å². The standard InChI is InChI=1S/C22H25ClFN3O3.ClH/c1-29-20-9-13(11-25-15-6-7-18-19(10-15)27-22(28)26-18)8-16(23)21(20)30-12-14-4-2-3-5-17(14)24;/h2-5,8-9,15,18-19,25H,6-7,10-12H2,1H3,(H2,26,27,28);1H. The SMILES string of the molecule is COc1cc(CNC2CCC3NC(=O)NC3C2)cc(Cl)c1OCc1ccccc1F.Cl. The zero-order valence-corrected chi connectivity index (χ0v) is 18.7. The second kappa shape index (κ2) is 10.4. The fraction of sp³-hybridized carbons (Fsp3) is 0.409. The highest BCUT2D eigenvalue weighted by Crippen LogP contribution is 2.37. The number of nitrogens with one attached hydrogen (secondary N) is 3. The van der Waals surface area contributed by atoms with Crippen LogP contribution in [0.3, 0.4) is 0 Å². The van der Waals surface area contributed by atoms with Gasteiger partial charge in [0.2, 0.25) is 0 Å². The van der Waals surface area contributed by atoms with E-state index in [-0.39, 0.29) is 42.9 Å². The molecule has 2 amide bonds. The molecule has 2 aromatic carbocycles. The van der Waals surface area contributed by atoms with Crippen LogP contribution in [0.15, 0.2) is 36.4 Å². The van der Waals surface area contributed by atoms with Gasteiger partial charge in [0.05, 0.1) is 24.2 Å². The first-order valence-electron chi connectivity index (χ1n) is 10.1.